The number of hydrogen-bond donors (Lipinski definition) is 1. The highest BCUT2D eigenvalue weighted by Crippen LogP contribution is 2.36. The number of nitrogens with one attached hydrogen (secondary N) is 1. The Morgan fingerprint density at radius 1 is 1.24 bits per heavy atom. The van der Waals surface area contributed by atoms with Gasteiger partial charge in [0.25, 0.3) is 0 Å². The maximum atomic E-state index is 4.65. The monoisotopic (exact) mass is 233 g/mol. The van der Waals surface area contributed by atoms with Crippen molar-refractivity contribution < 1.29 is 0 Å². The quantitative estimate of drug-likeness (QED) is 0.865. The first-order valence-electron chi connectivity index (χ1n) is 7.06. The third-order valence-electron chi connectivity index (χ3n) is 4.19. The van der Waals surface area contributed by atoms with Crippen molar-refractivity contribution in [2.24, 2.45) is 5.92 Å². The zero-order valence-corrected chi connectivity index (χ0v) is 10.9. The van der Waals surface area contributed by atoms with Crippen LogP contribution in [0.3, 0.4) is 0 Å². The van der Waals surface area contributed by atoms with E-state index in [0.29, 0.717) is 12.1 Å². The number of anilines is 1. The van der Waals surface area contributed by atoms with Gasteiger partial charge in [0.2, 0.25) is 5.95 Å². The van der Waals surface area contributed by atoms with Crippen LogP contribution in [0.25, 0.3) is 0 Å². The van der Waals surface area contributed by atoms with Gasteiger partial charge >= 0.3 is 0 Å². The molecule has 3 nitrogen and oxygen atoms in total. The van der Waals surface area contributed by atoms with Crippen molar-refractivity contribution in [2.45, 2.75) is 64.5 Å². The van der Waals surface area contributed by atoms with Crippen molar-refractivity contribution in [1.82, 2.24) is 9.55 Å². The highest BCUT2D eigenvalue weighted by molar-refractivity contribution is 5.33. The van der Waals surface area contributed by atoms with Gasteiger partial charge in [0.1, 0.15) is 0 Å². The number of rotatable bonds is 3. The summed E-state index contributed by atoms with van der Waals surface area (Å²) in [6, 6.07) is 1.35. The van der Waals surface area contributed by atoms with E-state index < -0.39 is 0 Å². The molecule has 2 aliphatic rings. The molecule has 2 fully saturated rings. The van der Waals surface area contributed by atoms with Gasteiger partial charge in [-0.15, -0.1) is 0 Å². The molecule has 3 heteroatoms. The maximum Gasteiger partial charge on any atom is 0.203 e. The van der Waals surface area contributed by atoms with E-state index in [1.165, 1.54) is 38.5 Å². The molecule has 0 radical (unpaired) electrons. The molecule has 0 amide bonds. The van der Waals surface area contributed by atoms with Gasteiger partial charge in [-0.25, -0.2) is 4.98 Å². The van der Waals surface area contributed by atoms with E-state index in [0.717, 1.165) is 17.6 Å². The van der Waals surface area contributed by atoms with E-state index in [2.05, 4.69) is 34.9 Å². The van der Waals surface area contributed by atoms with Gasteiger partial charge in [-0.2, -0.15) is 0 Å². The van der Waals surface area contributed by atoms with Crippen molar-refractivity contribution in [1.29, 1.82) is 0 Å². The van der Waals surface area contributed by atoms with Crippen LogP contribution in [-0.4, -0.2) is 15.6 Å². The summed E-state index contributed by atoms with van der Waals surface area (Å²) in [5.41, 5.74) is 1.14. The molecule has 1 aromatic heterocycles. The molecule has 0 aliphatic heterocycles. The SMILES string of the molecule is Cc1cn(C2CCCCC2C)c(NC2CC2)n1. The first kappa shape index (κ1) is 11.1. The van der Waals surface area contributed by atoms with Crippen molar-refractivity contribution in [3.63, 3.8) is 0 Å². The summed E-state index contributed by atoms with van der Waals surface area (Å²) in [5, 5.41) is 3.57. The Hall–Kier alpha value is -0.990. The Balaban J connectivity index is 1.83. The van der Waals surface area contributed by atoms with E-state index in [-0.39, 0.29) is 0 Å². The normalized spacial score (nSPS) is 29.3. The summed E-state index contributed by atoms with van der Waals surface area (Å²) in [7, 11) is 0. The second-order valence-electron chi connectivity index (χ2n) is 5.86. The van der Waals surface area contributed by atoms with Crippen LogP contribution in [0, 0.1) is 12.8 Å². The number of hydrogen-bond acceptors (Lipinski definition) is 2. The lowest BCUT2D eigenvalue weighted by molar-refractivity contribution is 0.259. The molecule has 0 aromatic carbocycles. The fourth-order valence-corrected chi connectivity index (χ4v) is 3.00. The molecule has 3 rings (SSSR count). The predicted molar refractivity (Wildman–Crippen MR) is 70.3 cm³/mol. The van der Waals surface area contributed by atoms with Crippen molar-refractivity contribution in [3.05, 3.63) is 11.9 Å². The first-order valence-corrected chi connectivity index (χ1v) is 7.06. The summed E-state index contributed by atoms with van der Waals surface area (Å²) >= 11 is 0. The van der Waals surface area contributed by atoms with Crippen LogP contribution in [0.1, 0.15) is 57.2 Å². The minimum atomic E-state index is 0.659. The van der Waals surface area contributed by atoms with E-state index in [1.54, 1.807) is 0 Å². The van der Waals surface area contributed by atoms with Crippen LogP contribution in [-0.2, 0) is 0 Å². The van der Waals surface area contributed by atoms with Crippen LogP contribution in [0.2, 0.25) is 0 Å². The molecule has 2 atom stereocenters. The smallest absolute Gasteiger partial charge is 0.203 e. The maximum absolute atomic E-state index is 4.65. The minimum absolute atomic E-state index is 0.659. The summed E-state index contributed by atoms with van der Waals surface area (Å²) in [4.78, 5) is 4.65. The van der Waals surface area contributed by atoms with Crippen LogP contribution in [0.4, 0.5) is 5.95 Å². The Kier molecular flexibility index (Phi) is 2.85. The molecule has 2 aliphatic carbocycles. The highest BCUT2D eigenvalue weighted by atomic mass is 15.2. The van der Waals surface area contributed by atoms with Crippen LogP contribution >= 0.6 is 0 Å². The molecule has 1 N–H and O–H groups in total. The second-order valence-corrected chi connectivity index (χ2v) is 5.86. The lowest BCUT2D eigenvalue weighted by Gasteiger charge is -2.31. The molecule has 1 aromatic rings. The van der Waals surface area contributed by atoms with Crippen molar-refractivity contribution >= 4 is 5.95 Å². The molecule has 0 spiro atoms. The standard InChI is InChI=1S/C14H23N3/c1-10-5-3-4-6-13(10)17-9-11(2)15-14(17)16-12-7-8-12/h9-10,12-13H,3-8H2,1-2H3,(H,15,16). The predicted octanol–water partition coefficient (Wildman–Crippen LogP) is 3.52. The number of imidazole rings is 1. The summed E-state index contributed by atoms with van der Waals surface area (Å²) in [5.74, 6) is 1.90. The molecular formula is C14H23N3. The lowest BCUT2D eigenvalue weighted by atomic mass is 9.86. The molecular weight excluding hydrogens is 210 g/mol. The Morgan fingerprint density at radius 2 is 2.00 bits per heavy atom. The average Bonchev–Trinajstić information content (AvgIpc) is 3.03. The zero-order valence-electron chi connectivity index (χ0n) is 10.9. The topological polar surface area (TPSA) is 29.9 Å². The number of aryl methyl sites for hydroxylation is 1. The molecule has 0 saturated heterocycles. The molecule has 17 heavy (non-hydrogen) atoms. The van der Waals surface area contributed by atoms with Gasteiger partial charge in [0, 0.05) is 18.3 Å². The van der Waals surface area contributed by atoms with E-state index >= 15 is 0 Å². The molecule has 2 unspecified atom stereocenters. The Morgan fingerprint density at radius 3 is 2.71 bits per heavy atom. The largest absolute Gasteiger partial charge is 0.353 e. The van der Waals surface area contributed by atoms with Gasteiger partial charge in [-0.1, -0.05) is 19.8 Å². The number of nitrogens with zero attached hydrogens (tertiary/aromatic N) is 2. The third kappa shape index (κ3) is 2.33. The van der Waals surface area contributed by atoms with Crippen LogP contribution in [0.15, 0.2) is 6.20 Å². The van der Waals surface area contributed by atoms with Crippen molar-refractivity contribution in [3.8, 4) is 0 Å². The van der Waals surface area contributed by atoms with Crippen LogP contribution < -0.4 is 5.32 Å². The van der Waals surface area contributed by atoms with E-state index in [1.807, 2.05) is 0 Å². The fraction of sp³-hybridized carbons (Fsp3) is 0.786. The average molecular weight is 233 g/mol. The number of aromatic nitrogens is 2. The molecule has 94 valence electrons. The molecule has 0 bridgehead atoms. The summed E-state index contributed by atoms with van der Waals surface area (Å²) in [6.45, 7) is 4.49. The summed E-state index contributed by atoms with van der Waals surface area (Å²) in [6.07, 6.45) is 10.3. The first-order chi connectivity index (χ1) is 8.24. The third-order valence-corrected chi connectivity index (χ3v) is 4.19. The highest BCUT2D eigenvalue weighted by Gasteiger charge is 2.28. The minimum Gasteiger partial charge on any atom is -0.353 e. The lowest BCUT2D eigenvalue weighted by Crippen LogP contribution is -2.22. The van der Waals surface area contributed by atoms with Crippen molar-refractivity contribution in [2.75, 3.05) is 5.32 Å². The Labute approximate surface area is 104 Å². The second kappa shape index (κ2) is 4.35. The zero-order chi connectivity index (χ0) is 11.8. The van der Waals surface area contributed by atoms with Gasteiger partial charge in [0.15, 0.2) is 0 Å². The van der Waals surface area contributed by atoms with Gasteiger partial charge in [-0.05, 0) is 38.5 Å². The fourth-order valence-electron chi connectivity index (χ4n) is 3.00. The Bertz CT molecular complexity index is 392. The van der Waals surface area contributed by atoms with E-state index in [4.69, 9.17) is 0 Å². The van der Waals surface area contributed by atoms with Crippen LogP contribution in [0.5, 0.6) is 0 Å². The van der Waals surface area contributed by atoms with Gasteiger partial charge < -0.3 is 9.88 Å². The van der Waals surface area contributed by atoms with E-state index in [9.17, 15) is 0 Å². The molecule has 1 heterocycles. The van der Waals surface area contributed by atoms with Gasteiger partial charge in [0.05, 0.1) is 5.69 Å². The molecule has 2 saturated carbocycles. The summed E-state index contributed by atoms with van der Waals surface area (Å²) < 4.78 is 2.41. The van der Waals surface area contributed by atoms with Gasteiger partial charge in [-0.3, -0.25) is 0 Å².